The summed E-state index contributed by atoms with van der Waals surface area (Å²) < 4.78 is 34.1. The summed E-state index contributed by atoms with van der Waals surface area (Å²) in [6.07, 6.45) is -1.61. The molecule has 192 valence electrons. The highest BCUT2D eigenvalue weighted by atomic mass is 31.2. The molecule has 0 spiro atoms. The number of para-hydroxylation sites is 1. The van der Waals surface area contributed by atoms with E-state index in [0.717, 1.165) is 0 Å². The van der Waals surface area contributed by atoms with Crippen LogP contribution in [0.3, 0.4) is 0 Å². The third-order valence-electron chi connectivity index (χ3n) is 4.84. The smallest absolute Gasteiger partial charge is 0.459 e. The molecule has 0 bridgehead atoms. The van der Waals surface area contributed by atoms with Gasteiger partial charge >= 0.3 is 19.7 Å². The number of benzene rings is 1. The van der Waals surface area contributed by atoms with Gasteiger partial charge in [0.1, 0.15) is 17.9 Å². The highest BCUT2D eigenvalue weighted by Gasteiger charge is 2.40. The lowest BCUT2D eigenvalue weighted by Gasteiger charge is -2.32. The predicted octanol–water partition coefficient (Wildman–Crippen LogP) is 2.04. The number of hydrogen-bond donors (Lipinski definition) is 3. The first-order valence-electron chi connectivity index (χ1n) is 10.7. The van der Waals surface area contributed by atoms with Gasteiger partial charge in [-0.1, -0.05) is 45.9 Å². The average Bonchev–Trinajstić information content (AvgIpc) is 2.80. The van der Waals surface area contributed by atoms with Gasteiger partial charge in [-0.25, -0.2) is 4.57 Å². The van der Waals surface area contributed by atoms with Crippen LogP contribution in [0.4, 0.5) is 0 Å². The summed E-state index contributed by atoms with van der Waals surface area (Å²) >= 11 is 0. The molecule has 0 aliphatic rings. The van der Waals surface area contributed by atoms with Crippen molar-refractivity contribution >= 4 is 25.6 Å². The van der Waals surface area contributed by atoms with E-state index in [9.17, 15) is 24.1 Å². The van der Waals surface area contributed by atoms with E-state index < -0.39 is 43.2 Å². The fourth-order valence-electron chi connectivity index (χ4n) is 2.65. The maximum absolute atomic E-state index is 13.6. The predicted molar refractivity (Wildman–Crippen MR) is 124 cm³/mol. The molecule has 0 radical (unpaired) electrons. The second-order valence-corrected chi connectivity index (χ2v) is 10.3. The molecule has 1 amide bonds. The number of esters is 2. The van der Waals surface area contributed by atoms with E-state index in [4.69, 9.17) is 13.8 Å². The molecule has 34 heavy (non-hydrogen) atoms. The fourth-order valence-corrected chi connectivity index (χ4v) is 4.48. The Morgan fingerprint density at radius 3 is 2.24 bits per heavy atom. The number of aliphatic hydroxyl groups is 1. The van der Waals surface area contributed by atoms with Gasteiger partial charge in [0.2, 0.25) is 5.91 Å². The van der Waals surface area contributed by atoms with Gasteiger partial charge < -0.3 is 24.4 Å². The van der Waals surface area contributed by atoms with Crippen molar-refractivity contribution in [1.29, 1.82) is 0 Å². The maximum Gasteiger partial charge on any atom is 0.459 e. The lowest BCUT2D eigenvalue weighted by Crippen LogP contribution is -2.47. The zero-order chi connectivity index (χ0) is 25.9. The number of amides is 1. The minimum Gasteiger partial charge on any atom is -0.469 e. The summed E-state index contributed by atoms with van der Waals surface area (Å²) in [6.45, 7) is 6.13. The highest BCUT2D eigenvalue weighted by molar-refractivity contribution is 7.52. The molecule has 3 atom stereocenters. The first-order chi connectivity index (χ1) is 15.8. The Bertz CT molecular complexity index is 861. The Morgan fingerprint density at radius 2 is 1.71 bits per heavy atom. The third-order valence-corrected chi connectivity index (χ3v) is 6.35. The van der Waals surface area contributed by atoms with Gasteiger partial charge in [-0.3, -0.25) is 18.9 Å². The number of rotatable bonds is 14. The van der Waals surface area contributed by atoms with Crippen LogP contribution in [0, 0.1) is 11.3 Å². The van der Waals surface area contributed by atoms with Crippen LogP contribution in [0.1, 0.15) is 34.1 Å². The summed E-state index contributed by atoms with van der Waals surface area (Å²) in [5.41, 5.74) is -1.22. The van der Waals surface area contributed by atoms with Crippen molar-refractivity contribution in [2.75, 3.05) is 27.4 Å². The van der Waals surface area contributed by atoms with Crippen molar-refractivity contribution in [3.63, 3.8) is 0 Å². The van der Waals surface area contributed by atoms with E-state index >= 15 is 0 Å². The van der Waals surface area contributed by atoms with Crippen LogP contribution >= 0.6 is 7.75 Å². The van der Waals surface area contributed by atoms with Crippen molar-refractivity contribution in [2.24, 2.45) is 11.3 Å². The topological polar surface area (TPSA) is 149 Å². The van der Waals surface area contributed by atoms with Gasteiger partial charge in [0.25, 0.3) is 0 Å². The number of carbonyl (C=O) groups is 3. The van der Waals surface area contributed by atoms with Crippen LogP contribution in [0.2, 0.25) is 0 Å². The minimum atomic E-state index is -4.18. The van der Waals surface area contributed by atoms with E-state index in [-0.39, 0.29) is 31.2 Å². The monoisotopic (exact) mass is 502 g/mol. The Labute approximate surface area is 200 Å². The van der Waals surface area contributed by atoms with E-state index in [2.05, 4.69) is 15.1 Å². The van der Waals surface area contributed by atoms with Crippen molar-refractivity contribution < 1.29 is 42.6 Å². The van der Waals surface area contributed by atoms with Crippen LogP contribution in [0.5, 0.6) is 5.75 Å². The quantitative estimate of drug-likeness (QED) is 0.255. The number of ether oxygens (including phenoxy) is 2. The van der Waals surface area contributed by atoms with Crippen LogP contribution in [0.25, 0.3) is 0 Å². The summed E-state index contributed by atoms with van der Waals surface area (Å²) in [5.74, 6) is -1.99. The molecule has 0 aliphatic carbocycles. The molecule has 0 saturated carbocycles. The molecule has 12 heteroatoms. The van der Waals surface area contributed by atoms with Gasteiger partial charge in [0.05, 0.1) is 27.2 Å². The molecule has 0 fully saturated rings. The lowest BCUT2D eigenvalue weighted by atomic mass is 9.87. The molecule has 0 aromatic heterocycles. The Hall–Kier alpha value is -2.46. The molecule has 1 rings (SSSR count). The summed E-state index contributed by atoms with van der Waals surface area (Å²) in [5, 5.41) is 15.6. The van der Waals surface area contributed by atoms with E-state index in [0.29, 0.717) is 0 Å². The summed E-state index contributed by atoms with van der Waals surface area (Å²) in [6, 6.07) is 7.22. The molecule has 0 saturated heterocycles. The van der Waals surface area contributed by atoms with Gasteiger partial charge in [-0.2, -0.15) is 5.09 Å². The van der Waals surface area contributed by atoms with Crippen LogP contribution < -0.4 is 14.9 Å². The normalized spacial score (nSPS) is 15.1. The number of hydrogen-bond acceptors (Lipinski definition) is 9. The van der Waals surface area contributed by atoms with Crippen molar-refractivity contribution in [1.82, 2.24) is 10.4 Å². The summed E-state index contributed by atoms with van der Waals surface area (Å²) in [4.78, 5) is 35.7. The molecule has 1 aromatic carbocycles. The average molecular weight is 503 g/mol. The number of carbonyl (C=O) groups excluding carboxylic acids is 3. The molecule has 11 nitrogen and oxygen atoms in total. The molecule has 3 N–H and O–H groups in total. The first-order valence-corrected chi connectivity index (χ1v) is 12.3. The van der Waals surface area contributed by atoms with Gasteiger partial charge in [-0.05, 0) is 18.1 Å². The number of nitrogens with one attached hydrogen (secondary N) is 2. The molecular weight excluding hydrogens is 467 g/mol. The maximum atomic E-state index is 13.6. The Balaban J connectivity index is 2.99. The molecule has 1 aromatic rings. The zero-order valence-electron chi connectivity index (χ0n) is 20.4. The second kappa shape index (κ2) is 13.4. The van der Waals surface area contributed by atoms with Crippen molar-refractivity contribution in [3.05, 3.63) is 30.3 Å². The van der Waals surface area contributed by atoms with Gasteiger partial charge in [-0.15, -0.1) is 0 Å². The number of aliphatic hydroxyl groups excluding tert-OH is 1. The van der Waals surface area contributed by atoms with Crippen molar-refractivity contribution in [2.45, 2.75) is 46.3 Å². The van der Waals surface area contributed by atoms with Gasteiger partial charge in [0, 0.05) is 12.0 Å². The van der Waals surface area contributed by atoms with E-state index in [1.807, 2.05) is 0 Å². The first kappa shape index (κ1) is 29.6. The highest BCUT2D eigenvalue weighted by Crippen LogP contribution is 2.47. The molecular formula is C22H35N2O9P. The van der Waals surface area contributed by atoms with E-state index in [1.165, 1.54) is 28.1 Å². The molecule has 0 heterocycles. The Morgan fingerprint density at radius 1 is 1.09 bits per heavy atom. The lowest BCUT2D eigenvalue weighted by molar-refractivity contribution is -0.144. The van der Waals surface area contributed by atoms with Crippen LogP contribution in [0.15, 0.2) is 30.3 Å². The van der Waals surface area contributed by atoms with Crippen LogP contribution in [-0.2, 0) is 32.9 Å². The summed E-state index contributed by atoms with van der Waals surface area (Å²) in [7, 11) is -1.74. The van der Waals surface area contributed by atoms with Crippen LogP contribution in [-0.4, -0.2) is 62.5 Å². The third kappa shape index (κ3) is 9.42. The molecule has 1 unspecified atom stereocenters. The Kier molecular flexibility index (Phi) is 11.7. The SMILES string of the molecule is COC(=O)CCNC(=O)[C@H](O)C(C)(C)COP(=O)(N[C@H](C(=O)OC)C(C)C)Oc1ccccc1. The number of methoxy groups -OCH3 is 2. The van der Waals surface area contributed by atoms with E-state index in [1.54, 1.807) is 44.2 Å². The standard InChI is InChI=1S/C22H35N2O9P/c1-15(2)18(21(28)31-6)24-34(29,33-16-10-8-7-9-11-16)32-14-22(3,4)19(26)20(27)23-13-12-17(25)30-5/h7-11,15,18-19,26H,12-14H2,1-6H3,(H,23,27)(H,24,29)/t18-,19-,34?/m0/s1. The minimum absolute atomic E-state index is 0.0220. The largest absolute Gasteiger partial charge is 0.469 e. The second-order valence-electron chi connectivity index (χ2n) is 8.56. The zero-order valence-corrected chi connectivity index (χ0v) is 21.3. The van der Waals surface area contributed by atoms with Gasteiger partial charge in [0.15, 0.2) is 0 Å². The fraction of sp³-hybridized carbons (Fsp3) is 0.591. The molecule has 0 aliphatic heterocycles. The van der Waals surface area contributed by atoms with Crippen molar-refractivity contribution in [3.8, 4) is 5.75 Å².